The third-order valence-electron chi connectivity index (χ3n) is 8.70. The van der Waals surface area contributed by atoms with Crippen LogP contribution in [0.25, 0.3) is 0 Å². The van der Waals surface area contributed by atoms with Crippen molar-refractivity contribution < 1.29 is 24.6 Å². The van der Waals surface area contributed by atoms with Crippen LogP contribution in [0.3, 0.4) is 0 Å². The maximum absolute atomic E-state index is 13.6. The van der Waals surface area contributed by atoms with E-state index < -0.39 is 24.2 Å². The van der Waals surface area contributed by atoms with Gasteiger partial charge < -0.3 is 20.4 Å². The highest BCUT2D eigenvalue weighted by Gasteiger charge is 2.31. The Kier molecular flexibility index (Phi) is 14.0. The second kappa shape index (κ2) is 17.4. The first-order valence-electron chi connectivity index (χ1n) is 16.2. The number of aliphatic hydroxyl groups is 2. The monoisotopic (exact) mass is 592 g/mol. The molecule has 0 bridgehead atoms. The maximum atomic E-state index is 13.6. The van der Waals surface area contributed by atoms with E-state index in [1.54, 1.807) is 24.3 Å². The fourth-order valence-corrected chi connectivity index (χ4v) is 6.06. The lowest BCUT2D eigenvalue weighted by Gasteiger charge is -2.28. The van der Waals surface area contributed by atoms with Crippen LogP contribution in [-0.2, 0) is 11.2 Å². The average Bonchev–Trinajstić information content (AvgIpc) is 3.49. The summed E-state index contributed by atoms with van der Waals surface area (Å²) in [6.07, 6.45) is 4.03. The minimum Gasteiger partial charge on any atom is -0.391 e. The number of Topliss-reactive ketones (excluding diaryl/α,β-unsaturated/α-hetero) is 2. The van der Waals surface area contributed by atoms with E-state index >= 15 is 0 Å². The molecule has 2 aromatic rings. The lowest BCUT2D eigenvalue weighted by Crippen LogP contribution is -2.49. The van der Waals surface area contributed by atoms with E-state index in [9.17, 15) is 24.6 Å². The number of rotatable bonds is 18. The van der Waals surface area contributed by atoms with Gasteiger partial charge in [-0.25, -0.2) is 0 Å². The van der Waals surface area contributed by atoms with E-state index in [1.165, 1.54) is 0 Å². The van der Waals surface area contributed by atoms with Crippen LogP contribution in [0, 0.1) is 11.8 Å². The Hall–Kier alpha value is -2.87. The van der Waals surface area contributed by atoms with Gasteiger partial charge in [0.15, 0.2) is 11.6 Å². The highest BCUT2D eigenvalue weighted by atomic mass is 16.3. The summed E-state index contributed by atoms with van der Waals surface area (Å²) < 4.78 is 0. The molecule has 1 aliphatic rings. The lowest BCUT2D eigenvalue weighted by molar-refractivity contribution is -0.124. The van der Waals surface area contributed by atoms with E-state index in [-0.39, 0.29) is 36.5 Å². The summed E-state index contributed by atoms with van der Waals surface area (Å²) in [6, 6.07) is 16.1. The van der Waals surface area contributed by atoms with Crippen molar-refractivity contribution in [3.05, 3.63) is 71.3 Å². The van der Waals surface area contributed by atoms with Gasteiger partial charge in [0, 0.05) is 43.1 Å². The van der Waals surface area contributed by atoms with E-state index in [0.29, 0.717) is 36.3 Å². The quantitative estimate of drug-likeness (QED) is 0.194. The van der Waals surface area contributed by atoms with Gasteiger partial charge in [0.05, 0.1) is 18.2 Å². The van der Waals surface area contributed by atoms with Crippen LogP contribution < -0.4 is 5.32 Å². The molecule has 5 atom stereocenters. The van der Waals surface area contributed by atoms with Gasteiger partial charge in [0.25, 0.3) is 5.91 Å². The SMILES string of the molecule is CCC[C@H](O)[C@H](NC[C@@H](O)[C@@H](CC(=O)c1cccc(C(=O)N2CCC[C@@H]2CC)c1)Cc1ccccc1)C(=O)CCC(C)C. The molecule has 3 N–H and O–H groups in total. The number of nitrogens with one attached hydrogen (secondary N) is 1. The van der Waals surface area contributed by atoms with Crippen molar-refractivity contribution >= 4 is 17.5 Å². The molecular weight excluding hydrogens is 540 g/mol. The molecule has 2 aromatic carbocycles. The largest absolute Gasteiger partial charge is 0.391 e. The number of amides is 1. The van der Waals surface area contributed by atoms with Crippen molar-refractivity contribution in [1.82, 2.24) is 10.2 Å². The van der Waals surface area contributed by atoms with Gasteiger partial charge >= 0.3 is 0 Å². The third kappa shape index (κ3) is 10.4. The van der Waals surface area contributed by atoms with Crippen LogP contribution in [0.4, 0.5) is 0 Å². The first-order valence-corrected chi connectivity index (χ1v) is 16.2. The maximum Gasteiger partial charge on any atom is 0.254 e. The number of carbonyl (C=O) groups is 3. The molecule has 1 heterocycles. The molecule has 7 heteroatoms. The summed E-state index contributed by atoms with van der Waals surface area (Å²) in [4.78, 5) is 41.8. The molecule has 0 spiro atoms. The first-order chi connectivity index (χ1) is 20.6. The molecule has 0 saturated carbocycles. The van der Waals surface area contributed by atoms with E-state index in [2.05, 4.69) is 26.1 Å². The molecule has 1 amide bonds. The second-order valence-corrected chi connectivity index (χ2v) is 12.6. The second-order valence-electron chi connectivity index (χ2n) is 12.6. The molecule has 0 unspecified atom stereocenters. The fourth-order valence-electron chi connectivity index (χ4n) is 6.06. The Bertz CT molecular complexity index is 1170. The summed E-state index contributed by atoms with van der Waals surface area (Å²) in [7, 11) is 0. The number of likely N-dealkylation sites (tertiary alicyclic amines) is 1. The van der Waals surface area contributed by atoms with Gasteiger partial charge in [-0.1, -0.05) is 76.6 Å². The number of carbonyl (C=O) groups excluding carboxylic acids is 3. The first kappa shape index (κ1) is 34.6. The molecule has 1 aliphatic heterocycles. The van der Waals surface area contributed by atoms with Gasteiger partial charge in [0.1, 0.15) is 0 Å². The van der Waals surface area contributed by atoms with Gasteiger partial charge in [0.2, 0.25) is 0 Å². The van der Waals surface area contributed by atoms with E-state index in [4.69, 9.17) is 0 Å². The Morgan fingerprint density at radius 1 is 0.953 bits per heavy atom. The zero-order valence-electron chi connectivity index (χ0n) is 26.5. The van der Waals surface area contributed by atoms with Gasteiger partial charge in [-0.3, -0.25) is 14.4 Å². The molecule has 1 saturated heterocycles. The number of hydrogen-bond donors (Lipinski definition) is 3. The smallest absolute Gasteiger partial charge is 0.254 e. The molecule has 236 valence electrons. The number of aliphatic hydroxyl groups excluding tert-OH is 2. The zero-order valence-corrected chi connectivity index (χ0v) is 26.5. The predicted molar refractivity (Wildman–Crippen MR) is 171 cm³/mol. The minimum atomic E-state index is -0.932. The summed E-state index contributed by atoms with van der Waals surface area (Å²) >= 11 is 0. The molecule has 0 radical (unpaired) electrons. The van der Waals surface area contributed by atoms with Crippen molar-refractivity contribution in [2.24, 2.45) is 11.8 Å². The highest BCUT2D eigenvalue weighted by molar-refractivity contribution is 6.00. The molecule has 0 aliphatic carbocycles. The molecule has 0 aromatic heterocycles. The van der Waals surface area contributed by atoms with Gasteiger partial charge in [-0.05, 0) is 68.1 Å². The fraction of sp³-hybridized carbons (Fsp3) is 0.583. The molecule has 1 fully saturated rings. The summed E-state index contributed by atoms with van der Waals surface area (Å²) in [6.45, 7) is 9.00. The topological polar surface area (TPSA) is 107 Å². The van der Waals surface area contributed by atoms with E-state index in [0.717, 1.165) is 44.2 Å². The Balaban J connectivity index is 1.75. The van der Waals surface area contributed by atoms with Crippen LogP contribution in [0.5, 0.6) is 0 Å². The van der Waals surface area contributed by atoms with Gasteiger partial charge in [-0.2, -0.15) is 0 Å². The number of hydrogen-bond acceptors (Lipinski definition) is 6. The summed E-state index contributed by atoms with van der Waals surface area (Å²) in [5.74, 6) is -0.291. The molecular formula is C36H52N2O5. The highest BCUT2D eigenvalue weighted by Crippen LogP contribution is 2.24. The third-order valence-corrected chi connectivity index (χ3v) is 8.70. The van der Waals surface area contributed by atoms with Crippen LogP contribution in [0.2, 0.25) is 0 Å². The van der Waals surface area contributed by atoms with Crippen molar-refractivity contribution in [3.8, 4) is 0 Å². The van der Waals surface area contributed by atoms with Crippen molar-refractivity contribution in [1.29, 1.82) is 0 Å². The molecule has 3 rings (SSSR count). The van der Waals surface area contributed by atoms with Crippen LogP contribution >= 0.6 is 0 Å². The van der Waals surface area contributed by atoms with Crippen LogP contribution in [-0.4, -0.2) is 70.0 Å². The zero-order chi connectivity index (χ0) is 31.4. The average molecular weight is 593 g/mol. The predicted octanol–water partition coefficient (Wildman–Crippen LogP) is 5.62. The van der Waals surface area contributed by atoms with Crippen molar-refractivity contribution in [2.45, 2.75) is 110 Å². The Morgan fingerprint density at radius 3 is 2.35 bits per heavy atom. The normalized spacial score (nSPS) is 17.9. The standard InChI is InChI=1S/C36H52N2O5/c1-5-12-31(39)35(32(40)19-18-25(3)4)37-24-34(42)29(21-26-13-8-7-9-14-26)23-33(41)27-15-10-16-28(22-27)36(43)38-20-11-17-30(38)6-2/h7-10,13-16,22,25,29-31,34-35,37,39,42H,5-6,11-12,17-21,23-24H2,1-4H3/t29-,30+,31+,34-,35+/m1/s1. The Labute approximate surface area is 258 Å². The lowest BCUT2D eigenvalue weighted by atomic mass is 9.87. The Morgan fingerprint density at radius 2 is 1.67 bits per heavy atom. The van der Waals surface area contributed by atoms with Crippen LogP contribution in [0.15, 0.2) is 54.6 Å². The van der Waals surface area contributed by atoms with Crippen molar-refractivity contribution in [2.75, 3.05) is 13.1 Å². The summed E-state index contributed by atoms with van der Waals surface area (Å²) in [5.41, 5.74) is 1.97. The minimum absolute atomic E-state index is 0.0390. The number of nitrogens with zero attached hydrogens (tertiary/aromatic N) is 1. The molecule has 7 nitrogen and oxygen atoms in total. The van der Waals surface area contributed by atoms with E-state index in [1.807, 2.05) is 42.2 Å². The van der Waals surface area contributed by atoms with Gasteiger partial charge in [-0.15, -0.1) is 0 Å². The van der Waals surface area contributed by atoms with Crippen molar-refractivity contribution in [3.63, 3.8) is 0 Å². The number of ketones is 2. The summed E-state index contributed by atoms with van der Waals surface area (Å²) in [5, 5.41) is 25.3. The number of benzene rings is 2. The van der Waals surface area contributed by atoms with Crippen LogP contribution in [0.1, 0.15) is 105 Å². The molecule has 43 heavy (non-hydrogen) atoms.